The summed E-state index contributed by atoms with van der Waals surface area (Å²) in [6, 6.07) is 27.7. The Balaban J connectivity index is 1.51. The van der Waals surface area contributed by atoms with E-state index < -0.39 is 0 Å². The third kappa shape index (κ3) is 5.82. The molecule has 0 saturated carbocycles. The third-order valence-corrected chi connectivity index (χ3v) is 7.96. The van der Waals surface area contributed by atoms with Crippen molar-refractivity contribution in [3.8, 4) is 22.6 Å². The molecule has 6 nitrogen and oxygen atoms in total. The van der Waals surface area contributed by atoms with Crippen molar-refractivity contribution in [2.75, 3.05) is 21.3 Å². The number of carbonyl (C=O) groups excluding carboxylic acids is 2. The molecule has 1 atom stereocenters. The highest BCUT2D eigenvalue weighted by molar-refractivity contribution is 5.97. The first-order valence-electron chi connectivity index (χ1n) is 13.8. The summed E-state index contributed by atoms with van der Waals surface area (Å²) in [6.07, 6.45) is 2.39. The fourth-order valence-corrected chi connectivity index (χ4v) is 5.69. The van der Waals surface area contributed by atoms with Crippen LogP contribution in [0.25, 0.3) is 11.1 Å². The number of aryl methyl sites for hydroxylation is 1. The van der Waals surface area contributed by atoms with Crippen LogP contribution >= 0.6 is 0 Å². The molecule has 0 spiro atoms. The summed E-state index contributed by atoms with van der Waals surface area (Å²) in [5, 5.41) is 0. The van der Waals surface area contributed by atoms with Gasteiger partial charge in [0, 0.05) is 23.7 Å². The quantitative estimate of drug-likeness (QED) is 0.230. The Morgan fingerprint density at radius 1 is 0.829 bits per heavy atom. The van der Waals surface area contributed by atoms with Gasteiger partial charge in [0.05, 0.1) is 26.9 Å². The second-order valence-electron chi connectivity index (χ2n) is 10.3. The van der Waals surface area contributed by atoms with E-state index in [4.69, 9.17) is 14.2 Å². The maximum Gasteiger partial charge on any atom is 0.338 e. The molecule has 4 aromatic carbocycles. The van der Waals surface area contributed by atoms with Crippen LogP contribution in [0.1, 0.15) is 49.4 Å². The zero-order valence-corrected chi connectivity index (χ0v) is 24.0. The first-order valence-corrected chi connectivity index (χ1v) is 13.8. The number of methoxy groups -OCH3 is 3. The van der Waals surface area contributed by atoms with E-state index in [1.54, 1.807) is 32.4 Å². The maximum atomic E-state index is 14.1. The van der Waals surface area contributed by atoms with Gasteiger partial charge in [-0.25, -0.2) is 4.79 Å². The van der Waals surface area contributed by atoms with Crippen LogP contribution in [0.15, 0.2) is 84.9 Å². The van der Waals surface area contributed by atoms with Crippen molar-refractivity contribution in [1.29, 1.82) is 0 Å². The minimum atomic E-state index is -0.361. The van der Waals surface area contributed by atoms with Gasteiger partial charge in [0.1, 0.15) is 11.5 Å². The summed E-state index contributed by atoms with van der Waals surface area (Å²) in [5.74, 6) is 0.838. The minimum absolute atomic E-state index is 0.0143. The number of hydrogen-bond acceptors (Lipinski definition) is 5. The van der Waals surface area contributed by atoms with Crippen LogP contribution in [0.2, 0.25) is 0 Å². The first-order chi connectivity index (χ1) is 19.9. The Labute approximate surface area is 241 Å². The van der Waals surface area contributed by atoms with Gasteiger partial charge in [-0.05, 0) is 72.2 Å². The lowest BCUT2D eigenvalue weighted by Crippen LogP contribution is -2.44. The summed E-state index contributed by atoms with van der Waals surface area (Å²) < 4.78 is 16.1. The van der Waals surface area contributed by atoms with E-state index >= 15 is 0 Å². The number of benzene rings is 4. The highest BCUT2D eigenvalue weighted by Crippen LogP contribution is 2.35. The smallest absolute Gasteiger partial charge is 0.338 e. The largest absolute Gasteiger partial charge is 0.496 e. The van der Waals surface area contributed by atoms with Crippen LogP contribution in [0, 0.1) is 6.92 Å². The van der Waals surface area contributed by atoms with E-state index in [1.165, 1.54) is 18.2 Å². The van der Waals surface area contributed by atoms with E-state index in [9.17, 15) is 9.59 Å². The average Bonchev–Trinajstić information content (AvgIpc) is 3.02. The van der Waals surface area contributed by atoms with Crippen LogP contribution in [-0.2, 0) is 24.1 Å². The number of esters is 1. The van der Waals surface area contributed by atoms with Crippen molar-refractivity contribution >= 4 is 11.9 Å². The van der Waals surface area contributed by atoms with Gasteiger partial charge in [0.15, 0.2) is 0 Å². The molecule has 1 aliphatic heterocycles. The van der Waals surface area contributed by atoms with Gasteiger partial charge in [-0.1, -0.05) is 66.7 Å². The zero-order valence-electron chi connectivity index (χ0n) is 24.0. The molecule has 6 heteroatoms. The number of nitrogens with zero attached hydrogens (tertiary/aromatic N) is 1. The van der Waals surface area contributed by atoms with Gasteiger partial charge in [-0.2, -0.15) is 0 Å². The van der Waals surface area contributed by atoms with E-state index in [-0.39, 0.29) is 17.9 Å². The summed E-state index contributed by atoms with van der Waals surface area (Å²) >= 11 is 0. The highest BCUT2D eigenvalue weighted by atomic mass is 16.5. The molecule has 0 saturated heterocycles. The fourth-order valence-electron chi connectivity index (χ4n) is 5.69. The molecule has 1 aliphatic rings. The summed E-state index contributed by atoms with van der Waals surface area (Å²) in [4.78, 5) is 28.5. The number of rotatable bonds is 8. The van der Waals surface area contributed by atoms with Crippen molar-refractivity contribution in [2.24, 2.45) is 0 Å². The van der Waals surface area contributed by atoms with Crippen LogP contribution in [0.3, 0.4) is 0 Å². The second-order valence-corrected chi connectivity index (χ2v) is 10.3. The number of fused-ring (bicyclic) bond motifs is 1. The van der Waals surface area contributed by atoms with E-state index in [0.29, 0.717) is 35.6 Å². The predicted molar refractivity (Wildman–Crippen MR) is 160 cm³/mol. The van der Waals surface area contributed by atoms with Crippen molar-refractivity contribution < 1.29 is 23.8 Å². The van der Waals surface area contributed by atoms with Gasteiger partial charge < -0.3 is 19.1 Å². The SMILES string of the molecule is COC(=O)c1ccccc1-c1ccc2c(c1)CC(CCc1ccccc1)N(C(=O)c1cc(OC)c(C)c(OC)c1)C2. The van der Waals surface area contributed by atoms with Gasteiger partial charge in [0.25, 0.3) is 5.91 Å². The molecule has 1 unspecified atom stereocenters. The van der Waals surface area contributed by atoms with Crippen molar-refractivity contribution in [2.45, 2.75) is 38.8 Å². The molecule has 0 bridgehead atoms. The topological polar surface area (TPSA) is 65.1 Å². The number of hydrogen-bond donors (Lipinski definition) is 0. The van der Waals surface area contributed by atoms with Crippen LogP contribution < -0.4 is 9.47 Å². The Kier molecular flexibility index (Phi) is 8.39. The Bertz CT molecular complexity index is 1540. The molecular formula is C35H35NO5. The first kappa shape index (κ1) is 28.0. The van der Waals surface area contributed by atoms with E-state index in [0.717, 1.165) is 35.1 Å². The van der Waals surface area contributed by atoms with Crippen LogP contribution in [0.5, 0.6) is 11.5 Å². The molecule has 0 aromatic heterocycles. The molecule has 1 amide bonds. The predicted octanol–water partition coefficient (Wildman–Crippen LogP) is 6.67. The standard InChI is InChI=1S/C35H35NO5/c1-23-32(39-2)20-28(21-33(23)40-3)34(37)36-22-26-16-15-25(30-12-8-9-13-31(30)35(38)41-4)18-27(26)19-29(36)17-14-24-10-6-5-7-11-24/h5-13,15-16,18,20-21,29H,14,17,19,22H2,1-4H3. The summed E-state index contributed by atoms with van der Waals surface area (Å²) in [5.41, 5.74) is 7.25. The highest BCUT2D eigenvalue weighted by Gasteiger charge is 2.31. The minimum Gasteiger partial charge on any atom is -0.496 e. The van der Waals surface area contributed by atoms with Gasteiger partial charge in [-0.15, -0.1) is 0 Å². The van der Waals surface area contributed by atoms with Gasteiger partial charge >= 0.3 is 5.97 Å². The number of amides is 1. The fraction of sp³-hybridized carbons (Fsp3) is 0.257. The van der Waals surface area contributed by atoms with Gasteiger partial charge in [-0.3, -0.25) is 4.79 Å². The number of ether oxygens (including phenoxy) is 3. The molecule has 0 fully saturated rings. The molecule has 210 valence electrons. The van der Waals surface area contributed by atoms with Crippen molar-refractivity contribution in [3.63, 3.8) is 0 Å². The molecular weight excluding hydrogens is 514 g/mol. The molecule has 0 N–H and O–H groups in total. The monoisotopic (exact) mass is 549 g/mol. The molecule has 4 aromatic rings. The second kappa shape index (κ2) is 12.3. The number of carbonyl (C=O) groups is 2. The average molecular weight is 550 g/mol. The zero-order chi connectivity index (χ0) is 28.9. The Hall–Kier alpha value is -4.58. The lowest BCUT2D eigenvalue weighted by Gasteiger charge is -2.38. The lowest BCUT2D eigenvalue weighted by atomic mass is 9.87. The van der Waals surface area contributed by atoms with Crippen LogP contribution in [0.4, 0.5) is 0 Å². The lowest BCUT2D eigenvalue weighted by molar-refractivity contribution is 0.0599. The van der Waals surface area contributed by atoms with Crippen molar-refractivity contribution in [1.82, 2.24) is 4.90 Å². The molecule has 1 heterocycles. The van der Waals surface area contributed by atoms with E-state index in [2.05, 4.69) is 24.3 Å². The third-order valence-electron chi connectivity index (χ3n) is 7.96. The Morgan fingerprint density at radius 3 is 2.20 bits per heavy atom. The molecule has 0 aliphatic carbocycles. The Morgan fingerprint density at radius 2 is 1.51 bits per heavy atom. The van der Waals surface area contributed by atoms with Crippen molar-refractivity contribution in [3.05, 3.63) is 118 Å². The van der Waals surface area contributed by atoms with Gasteiger partial charge in [0.2, 0.25) is 0 Å². The molecule has 0 radical (unpaired) electrons. The molecule has 5 rings (SSSR count). The van der Waals surface area contributed by atoms with Crippen LogP contribution in [-0.4, -0.2) is 44.1 Å². The summed E-state index contributed by atoms with van der Waals surface area (Å²) in [7, 11) is 4.60. The normalized spacial score (nSPS) is 14.2. The maximum absolute atomic E-state index is 14.1. The molecule has 41 heavy (non-hydrogen) atoms. The summed E-state index contributed by atoms with van der Waals surface area (Å²) in [6.45, 7) is 2.41. The van der Waals surface area contributed by atoms with E-state index in [1.807, 2.05) is 54.3 Å².